The molecule has 1 atom stereocenters. The number of hydrogen-bond donors (Lipinski definition) is 2. The number of fused-ring (bicyclic) bond motifs is 1. The number of aromatic amines is 2. The van der Waals surface area contributed by atoms with Crippen LogP contribution in [0.5, 0.6) is 0 Å². The molecule has 134 valence electrons. The van der Waals surface area contributed by atoms with Gasteiger partial charge in [0.1, 0.15) is 11.5 Å². The molecule has 2 N–H and O–H groups in total. The van der Waals surface area contributed by atoms with Crippen LogP contribution in [-0.4, -0.2) is 21.5 Å². The van der Waals surface area contributed by atoms with E-state index >= 15 is 0 Å². The van der Waals surface area contributed by atoms with E-state index in [0.29, 0.717) is 6.04 Å². The SMILES string of the molecule is O=c1cc(-c2ccnc3[nH]ccc23)cc(N2CCCC2c2ccccc2)[nH]1. The van der Waals surface area contributed by atoms with Gasteiger partial charge in [-0.25, -0.2) is 4.98 Å². The zero-order chi connectivity index (χ0) is 18.2. The number of pyridine rings is 2. The number of hydrogen-bond acceptors (Lipinski definition) is 3. The summed E-state index contributed by atoms with van der Waals surface area (Å²) in [7, 11) is 0. The molecule has 5 nitrogen and oxygen atoms in total. The Bertz CT molecular complexity index is 1150. The van der Waals surface area contributed by atoms with E-state index in [0.717, 1.165) is 47.4 Å². The van der Waals surface area contributed by atoms with Crippen LogP contribution in [0.15, 0.2) is 71.8 Å². The Morgan fingerprint density at radius 1 is 1.07 bits per heavy atom. The standard InChI is InChI=1S/C22H20N4O/c27-21-14-16(17-8-10-23-22-18(17)9-11-24-22)13-20(25-21)26-12-4-7-19(26)15-5-2-1-3-6-15/h1-3,5-6,8-11,13-14,19H,4,7,12H2,(H,23,24)(H,25,27). The molecule has 5 heteroatoms. The molecule has 4 heterocycles. The normalized spacial score (nSPS) is 16.9. The van der Waals surface area contributed by atoms with Crippen LogP contribution in [0, 0.1) is 0 Å². The summed E-state index contributed by atoms with van der Waals surface area (Å²) < 4.78 is 0. The lowest BCUT2D eigenvalue weighted by molar-refractivity contribution is 0.711. The van der Waals surface area contributed by atoms with Gasteiger partial charge in [-0.2, -0.15) is 0 Å². The Morgan fingerprint density at radius 3 is 2.85 bits per heavy atom. The number of benzene rings is 1. The van der Waals surface area contributed by atoms with Crippen LogP contribution >= 0.6 is 0 Å². The fraction of sp³-hybridized carbons (Fsp3) is 0.182. The van der Waals surface area contributed by atoms with Crippen LogP contribution in [-0.2, 0) is 0 Å². The van der Waals surface area contributed by atoms with Crippen molar-refractivity contribution in [1.29, 1.82) is 0 Å². The first-order valence-electron chi connectivity index (χ1n) is 9.28. The maximum Gasteiger partial charge on any atom is 0.250 e. The number of H-pyrrole nitrogens is 2. The summed E-state index contributed by atoms with van der Waals surface area (Å²) in [5, 5.41) is 1.02. The van der Waals surface area contributed by atoms with Crippen LogP contribution in [0.25, 0.3) is 22.2 Å². The van der Waals surface area contributed by atoms with Crippen LogP contribution in [0.2, 0.25) is 0 Å². The van der Waals surface area contributed by atoms with Gasteiger partial charge in [0.05, 0.1) is 6.04 Å². The summed E-state index contributed by atoms with van der Waals surface area (Å²) >= 11 is 0. The highest BCUT2D eigenvalue weighted by molar-refractivity contribution is 5.93. The first-order chi connectivity index (χ1) is 13.3. The van der Waals surface area contributed by atoms with Crippen LogP contribution in [0.4, 0.5) is 5.82 Å². The summed E-state index contributed by atoms with van der Waals surface area (Å²) in [4.78, 5) is 25.3. The molecule has 3 aromatic heterocycles. The van der Waals surface area contributed by atoms with Gasteiger partial charge in [-0.05, 0) is 47.7 Å². The molecule has 1 saturated heterocycles. The van der Waals surface area contributed by atoms with Crippen LogP contribution < -0.4 is 10.5 Å². The summed E-state index contributed by atoms with van der Waals surface area (Å²) in [6, 6.07) is 18.5. The number of anilines is 1. The third-order valence-electron chi connectivity index (χ3n) is 5.35. The third kappa shape index (κ3) is 2.81. The average molecular weight is 356 g/mol. The van der Waals surface area contributed by atoms with Gasteiger partial charge in [0, 0.05) is 30.4 Å². The molecule has 4 aromatic rings. The second kappa shape index (κ2) is 6.43. The van der Waals surface area contributed by atoms with Crippen LogP contribution in [0.1, 0.15) is 24.4 Å². The molecule has 1 aliphatic heterocycles. The van der Waals surface area contributed by atoms with Gasteiger partial charge in [0.15, 0.2) is 0 Å². The van der Waals surface area contributed by atoms with Gasteiger partial charge >= 0.3 is 0 Å². The van der Waals surface area contributed by atoms with Crippen molar-refractivity contribution in [3.05, 3.63) is 82.9 Å². The molecule has 0 amide bonds. The molecule has 1 unspecified atom stereocenters. The lowest BCUT2D eigenvalue weighted by Crippen LogP contribution is -2.25. The van der Waals surface area contributed by atoms with E-state index in [-0.39, 0.29) is 5.56 Å². The van der Waals surface area contributed by atoms with Gasteiger partial charge in [0.2, 0.25) is 5.56 Å². The van der Waals surface area contributed by atoms with Crippen molar-refractivity contribution in [2.24, 2.45) is 0 Å². The fourth-order valence-electron chi connectivity index (χ4n) is 4.13. The molecular formula is C22H20N4O. The molecule has 5 rings (SSSR count). The smallest absolute Gasteiger partial charge is 0.250 e. The molecule has 0 aliphatic carbocycles. The number of aromatic nitrogens is 3. The van der Waals surface area contributed by atoms with E-state index in [1.807, 2.05) is 24.4 Å². The molecule has 1 fully saturated rings. The van der Waals surface area contributed by atoms with Crippen molar-refractivity contribution in [3.63, 3.8) is 0 Å². The van der Waals surface area contributed by atoms with E-state index in [4.69, 9.17) is 0 Å². The molecule has 0 radical (unpaired) electrons. The minimum absolute atomic E-state index is 0.0818. The molecule has 0 bridgehead atoms. The van der Waals surface area contributed by atoms with E-state index in [2.05, 4.69) is 50.2 Å². The van der Waals surface area contributed by atoms with Crippen molar-refractivity contribution in [2.45, 2.75) is 18.9 Å². The maximum absolute atomic E-state index is 12.5. The van der Waals surface area contributed by atoms with Crippen molar-refractivity contribution < 1.29 is 0 Å². The molecule has 27 heavy (non-hydrogen) atoms. The summed E-state index contributed by atoms with van der Waals surface area (Å²) in [6.07, 6.45) is 5.86. The van der Waals surface area contributed by atoms with Crippen molar-refractivity contribution in [2.75, 3.05) is 11.4 Å². The second-order valence-corrected chi connectivity index (χ2v) is 6.98. The second-order valence-electron chi connectivity index (χ2n) is 6.98. The zero-order valence-corrected chi connectivity index (χ0v) is 14.9. The Labute approximate surface area is 156 Å². The zero-order valence-electron chi connectivity index (χ0n) is 14.9. The molecule has 1 aromatic carbocycles. The highest BCUT2D eigenvalue weighted by atomic mass is 16.1. The van der Waals surface area contributed by atoms with E-state index in [9.17, 15) is 4.79 Å². The first-order valence-corrected chi connectivity index (χ1v) is 9.28. The summed E-state index contributed by atoms with van der Waals surface area (Å²) in [5.41, 5.74) is 3.97. The van der Waals surface area contributed by atoms with E-state index < -0.39 is 0 Å². The third-order valence-corrected chi connectivity index (χ3v) is 5.35. The summed E-state index contributed by atoms with van der Waals surface area (Å²) in [5.74, 6) is 0.879. The molecule has 0 spiro atoms. The highest BCUT2D eigenvalue weighted by Crippen LogP contribution is 2.36. The minimum atomic E-state index is -0.0818. The fourth-order valence-corrected chi connectivity index (χ4v) is 4.13. The van der Waals surface area contributed by atoms with Gasteiger partial charge in [-0.15, -0.1) is 0 Å². The molecule has 0 saturated carbocycles. The average Bonchev–Trinajstić information content (AvgIpc) is 3.37. The quantitative estimate of drug-likeness (QED) is 0.576. The first kappa shape index (κ1) is 15.9. The largest absolute Gasteiger partial charge is 0.351 e. The van der Waals surface area contributed by atoms with Crippen molar-refractivity contribution in [3.8, 4) is 11.1 Å². The maximum atomic E-state index is 12.5. The predicted molar refractivity (Wildman–Crippen MR) is 108 cm³/mol. The van der Waals surface area contributed by atoms with Gasteiger partial charge in [-0.1, -0.05) is 30.3 Å². The lowest BCUT2D eigenvalue weighted by Gasteiger charge is -2.27. The lowest BCUT2D eigenvalue weighted by atomic mass is 10.0. The van der Waals surface area contributed by atoms with Gasteiger partial charge in [0.25, 0.3) is 0 Å². The molecule has 1 aliphatic rings. The highest BCUT2D eigenvalue weighted by Gasteiger charge is 2.27. The minimum Gasteiger partial charge on any atom is -0.351 e. The number of nitrogens with zero attached hydrogens (tertiary/aromatic N) is 2. The van der Waals surface area contributed by atoms with Crippen molar-refractivity contribution in [1.82, 2.24) is 15.0 Å². The van der Waals surface area contributed by atoms with Gasteiger partial charge < -0.3 is 14.9 Å². The number of rotatable bonds is 3. The Morgan fingerprint density at radius 2 is 1.96 bits per heavy atom. The summed E-state index contributed by atoms with van der Waals surface area (Å²) in [6.45, 7) is 0.939. The van der Waals surface area contributed by atoms with Crippen molar-refractivity contribution >= 4 is 16.9 Å². The van der Waals surface area contributed by atoms with E-state index in [1.54, 1.807) is 12.3 Å². The Kier molecular flexibility index (Phi) is 3.78. The Hall–Kier alpha value is -3.34. The topological polar surface area (TPSA) is 64.8 Å². The monoisotopic (exact) mass is 356 g/mol. The van der Waals surface area contributed by atoms with Crippen LogP contribution in [0.3, 0.4) is 0 Å². The number of nitrogens with one attached hydrogen (secondary N) is 2. The molecular weight excluding hydrogens is 336 g/mol. The van der Waals surface area contributed by atoms with Gasteiger partial charge in [-0.3, -0.25) is 4.79 Å². The Balaban J connectivity index is 1.60. The van der Waals surface area contributed by atoms with E-state index in [1.165, 1.54) is 5.56 Å². The predicted octanol–water partition coefficient (Wildman–Crippen LogP) is 4.26.